The second kappa shape index (κ2) is 6.39. The van der Waals surface area contributed by atoms with Crippen molar-refractivity contribution >= 4 is 11.8 Å². The van der Waals surface area contributed by atoms with Crippen LogP contribution in [0.1, 0.15) is 36.7 Å². The predicted octanol–water partition coefficient (Wildman–Crippen LogP) is 3.65. The van der Waals surface area contributed by atoms with Crippen molar-refractivity contribution < 1.29 is 9.53 Å². The van der Waals surface area contributed by atoms with E-state index in [0.717, 1.165) is 11.4 Å². The Morgan fingerprint density at radius 1 is 1.14 bits per heavy atom. The Hall–Kier alpha value is -2.36. The Balaban J connectivity index is 1.94. The van der Waals surface area contributed by atoms with Crippen LogP contribution in [0.25, 0.3) is 0 Å². The van der Waals surface area contributed by atoms with Crippen molar-refractivity contribution in [2.24, 2.45) is 0 Å². The Morgan fingerprint density at radius 2 is 1.86 bits per heavy atom. The standard InChI is InChI=1S/C17H20N2O2/c1-17(2,3)21-16(20)14-9-7-13(8-10-14)12-19-15-6-4-5-11-18-15/h4-11H,12H2,1-3H3,(H,18,19). The van der Waals surface area contributed by atoms with E-state index in [2.05, 4.69) is 10.3 Å². The van der Waals surface area contributed by atoms with E-state index in [9.17, 15) is 4.79 Å². The van der Waals surface area contributed by atoms with Crippen molar-refractivity contribution in [2.75, 3.05) is 5.32 Å². The van der Waals surface area contributed by atoms with E-state index >= 15 is 0 Å². The number of benzene rings is 1. The molecule has 110 valence electrons. The van der Waals surface area contributed by atoms with Crippen LogP contribution in [-0.2, 0) is 11.3 Å². The molecule has 4 nitrogen and oxygen atoms in total. The lowest BCUT2D eigenvalue weighted by molar-refractivity contribution is 0.00695. The van der Waals surface area contributed by atoms with Gasteiger partial charge in [0.1, 0.15) is 11.4 Å². The van der Waals surface area contributed by atoms with Crippen molar-refractivity contribution in [3.8, 4) is 0 Å². The monoisotopic (exact) mass is 284 g/mol. The summed E-state index contributed by atoms with van der Waals surface area (Å²) in [6.07, 6.45) is 1.74. The molecule has 0 saturated carbocycles. The number of hydrogen-bond donors (Lipinski definition) is 1. The summed E-state index contributed by atoms with van der Waals surface area (Å²) in [5, 5.41) is 3.22. The van der Waals surface area contributed by atoms with Gasteiger partial charge in [-0.05, 0) is 50.6 Å². The summed E-state index contributed by atoms with van der Waals surface area (Å²) in [6, 6.07) is 13.1. The lowest BCUT2D eigenvalue weighted by atomic mass is 10.1. The van der Waals surface area contributed by atoms with Gasteiger partial charge in [0.15, 0.2) is 0 Å². The minimum Gasteiger partial charge on any atom is -0.456 e. The molecule has 0 saturated heterocycles. The molecule has 1 heterocycles. The number of esters is 1. The first kappa shape index (κ1) is 15.0. The SMILES string of the molecule is CC(C)(C)OC(=O)c1ccc(CNc2ccccn2)cc1. The van der Waals surface area contributed by atoms with Crippen LogP contribution in [0.3, 0.4) is 0 Å². The largest absolute Gasteiger partial charge is 0.456 e. The molecular weight excluding hydrogens is 264 g/mol. The zero-order valence-corrected chi connectivity index (χ0v) is 12.6. The Morgan fingerprint density at radius 3 is 2.43 bits per heavy atom. The summed E-state index contributed by atoms with van der Waals surface area (Å²) in [4.78, 5) is 16.1. The third-order valence-corrected chi connectivity index (χ3v) is 2.73. The fourth-order valence-electron chi connectivity index (χ4n) is 1.76. The molecule has 0 unspecified atom stereocenters. The number of nitrogens with one attached hydrogen (secondary N) is 1. The molecule has 4 heteroatoms. The van der Waals surface area contributed by atoms with Gasteiger partial charge in [0.25, 0.3) is 0 Å². The highest BCUT2D eigenvalue weighted by molar-refractivity contribution is 5.89. The van der Waals surface area contributed by atoms with Gasteiger partial charge in [0, 0.05) is 12.7 Å². The lowest BCUT2D eigenvalue weighted by Gasteiger charge is -2.19. The van der Waals surface area contributed by atoms with Crippen LogP contribution >= 0.6 is 0 Å². The maximum atomic E-state index is 11.9. The molecule has 1 aromatic heterocycles. The third kappa shape index (κ3) is 4.91. The molecule has 0 aliphatic carbocycles. The van der Waals surface area contributed by atoms with E-state index in [0.29, 0.717) is 12.1 Å². The Bertz CT molecular complexity index is 586. The van der Waals surface area contributed by atoms with Gasteiger partial charge in [-0.25, -0.2) is 9.78 Å². The van der Waals surface area contributed by atoms with E-state index in [4.69, 9.17) is 4.74 Å². The number of pyridine rings is 1. The number of ether oxygens (including phenoxy) is 1. The Labute approximate surface area is 125 Å². The van der Waals surface area contributed by atoms with Crippen molar-refractivity contribution in [3.63, 3.8) is 0 Å². The van der Waals surface area contributed by atoms with Gasteiger partial charge < -0.3 is 10.1 Å². The highest BCUT2D eigenvalue weighted by atomic mass is 16.6. The molecule has 0 amide bonds. The molecule has 0 atom stereocenters. The van der Waals surface area contributed by atoms with Gasteiger partial charge in [-0.1, -0.05) is 18.2 Å². The number of carbonyl (C=O) groups excluding carboxylic acids is 1. The number of carbonyl (C=O) groups is 1. The molecule has 2 rings (SSSR count). The number of hydrogen-bond acceptors (Lipinski definition) is 4. The van der Waals surface area contributed by atoms with Gasteiger partial charge in [-0.3, -0.25) is 0 Å². The van der Waals surface area contributed by atoms with Crippen LogP contribution in [0.2, 0.25) is 0 Å². The number of nitrogens with zero attached hydrogens (tertiary/aromatic N) is 1. The minimum atomic E-state index is -0.476. The van der Waals surface area contributed by atoms with E-state index in [1.54, 1.807) is 18.3 Å². The van der Waals surface area contributed by atoms with E-state index in [1.165, 1.54) is 0 Å². The summed E-state index contributed by atoms with van der Waals surface area (Å²) in [6.45, 7) is 6.23. The molecule has 2 aromatic rings. The number of rotatable bonds is 4. The summed E-state index contributed by atoms with van der Waals surface area (Å²) in [7, 11) is 0. The van der Waals surface area contributed by atoms with Crippen molar-refractivity contribution in [1.29, 1.82) is 0 Å². The van der Waals surface area contributed by atoms with Gasteiger partial charge in [-0.15, -0.1) is 0 Å². The topological polar surface area (TPSA) is 51.2 Å². The second-order valence-electron chi connectivity index (χ2n) is 5.77. The average Bonchev–Trinajstić information content (AvgIpc) is 2.45. The zero-order valence-electron chi connectivity index (χ0n) is 12.6. The van der Waals surface area contributed by atoms with Gasteiger partial charge in [0.2, 0.25) is 0 Å². The molecule has 0 bridgehead atoms. The van der Waals surface area contributed by atoms with Gasteiger partial charge in [0.05, 0.1) is 5.56 Å². The highest BCUT2D eigenvalue weighted by Crippen LogP contribution is 2.13. The molecule has 1 N–H and O–H groups in total. The van der Waals surface area contributed by atoms with Crippen LogP contribution < -0.4 is 5.32 Å². The number of anilines is 1. The third-order valence-electron chi connectivity index (χ3n) is 2.73. The average molecular weight is 284 g/mol. The number of aromatic nitrogens is 1. The van der Waals surface area contributed by atoms with Crippen molar-refractivity contribution in [2.45, 2.75) is 32.9 Å². The molecule has 0 aliphatic rings. The molecule has 21 heavy (non-hydrogen) atoms. The Kier molecular flexibility index (Phi) is 4.58. The molecule has 1 aromatic carbocycles. The second-order valence-corrected chi connectivity index (χ2v) is 5.77. The maximum Gasteiger partial charge on any atom is 0.338 e. The molecule has 0 aliphatic heterocycles. The van der Waals surface area contributed by atoms with E-state index in [1.807, 2.05) is 51.1 Å². The first-order chi connectivity index (χ1) is 9.94. The maximum absolute atomic E-state index is 11.9. The smallest absolute Gasteiger partial charge is 0.338 e. The van der Waals surface area contributed by atoms with E-state index in [-0.39, 0.29) is 5.97 Å². The molecule has 0 radical (unpaired) electrons. The summed E-state index contributed by atoms with van der Waals surface area (Å²) < 4.78 is 5.33. The highest BCUT2D eigenvalue weighted by Gasteiger charge is 2.17. The normalized spacial score (nSPS) is 11.0. The van der Waals surface area contributed by atoms with Gasteiger partial charge >= 0.3 is 5.97 Å². The molecular formula is C17H20N2O2. The summed E-state index contributed by atoms with van der Waals surface area (Å²) in [5.41, 5.74) is 1.16. The van der Waals surface area contributed by atoms with Crippen LogP contribution in [0, 0.1) is 0 Å². The van der Waals surface area contributed by atoms with E-state index < -0.39 is 5.60 Å². The quantitative estimate of drug-likeness (QED) is 0.871. The van der Waals surface area contributed by atoms with Crippen molar-refractivity contribution in [1.82, 2.24) is 4.98 Å². The van der Waals surface area contributed by atoms with Crippen LogP contribution in [0.4, 0.5) is 5.82 Å². The fourth-order valence-corrected chi connectivity index (χ4v) is 1.76. The lowest BCUT2D eigenvalue weighted by Crippen LogP contribution is -2.23. The summed E-state index contributed by atoms with van der Waals surface area (Å²) >= 11 is 0. The first-order valence-electron chi connectivity index (χ1n) is 6.91. The fraction of sp³-hybridized carbons (Fsp3) is 0.294. The van der Waals surface area contributed by atoms with Crippen molar-refractivity contribution in [3.05, 3.63) is 59.8 Å². The van der Waals surface area contributed by atoms with Crippen LogP contribution in [0.15, 0.2) is 48.7 Å². The molecule has 0 spiro atoms. The predicted molar refractivity (Wildman–Crippen MR) is 83.2 cm³/mol. The zero-order chi connectivity index (χ0) is 15.3. The molecule has 0 fully saturated rings. The van der Waals surface area contributed by atoms with Crippen LogP contribution in [-0.4, -0.2) is 16.6 Å². The summed E-state index contributed by atoms with van der Waals surface area (Å²) in [5.74, 6) is 0.528. The first-order valence-corrected chi connectivity index (χ1v) is 6.91. The van der Waals surface area contributed by atoms with Crippen LogP contribution in [0.5, 0.6) is 0 Å². The minimum absolute atomic E-state index is 0.299. The van der Waals surface area contributed by atoms with Gasteiger partial charge in [-0.2, -0.15) is 0 Å².